The number of aliphatic carboxylic acids is 1. The number of carboxylic acid groups (broad SMARTS) is 1. The standard InChI is InChI=1S/C13H16F2N2O3S/c1-2-11-17(9(7-21-11)13(19)20)12(18)8-4-3-5-16(8)6-10(14)15/h3-5,9-11H,2,6-7H2,1H3,(H,19,20). The minimum absolute atomic E-state index is 0.0995. The van der Waals surface area contributed by atoms with Gasteiger partial charge in [0.2, 0.25) is 0 Å². The van der Waals surface area contributed by atoms with Crippen molar-refractivity contribution in [1.29, 1.82) is 0 Å². The van der Waals surface area contributed by atoms with E-state index in [0.29, 0.717) is 12.2 Å². The summed E-state index contributed by atoms with van der Waals surface area (Å²) >= 11 is 1.40. The van der Waals surface area contributed by atoms with Crippen molar-refractivity contribution in [3.05, 3.63) is 24.0 Å². The van der Waals surface area contributed by atoms with Gasteiger partial charge in [-0.2, -0.15) is 0 Å². The molecule has 1 amide bonds. The highest BCUT2D eigenvalue weighted by atomic mass is 32.2. The molecule has 116 valence electrons. The molecule has 0 aromatic carbocycles. The van der Waals surface area contributed by atoms with Crippen molar-refractivity contribution in [2.75, 3.05) is 5.75 Å². The van der Waals surface area contributed by atoms with E-state index in [2.05, 4.69) is 0 Å². The van der Waals surface area contributed by atoms with E-state index in [1.165, 1.54) is 39.6 Å². The Morgan fingerprint density at radius 3 is 2.81 bits per heavy atom. The lowest BCUT2D eigenvalue weighted by Crippen LogP contribution is -2.46. The predicted molar refractivity (Wildman–Crippen MR) is 74.6 cm³/mol. The number of aromatic nitrogens is 1. The summed E-state index contributed by atoms with van der Waals surface area (Å²) in [7, 11) is 0. The van der Waals surface area contributed by atoms with Gasteiger partial charge in [0.15, 0.2) is 0 Å². The lowest BCUT2D eigenvalue weighted by molar-refractivity contribution is -0.141. The molecule has 1 saturated heterocycles. The van der Waals surface area contributed by atoms with Crippen LogP contribution in [0.2, 0.25) is 0 Å². The average molecular weight is 318 g/mol. The van der Waals surface area contributed by atoms with Crippen LogP contribution in [-0.4, -0.2) is 50.0 Å². The minimum Gasteiger partial charge on any atom is -0.480 e. The van der Waals surface area contributed by atoms with Gasteiger partial charge in [-0.25, -0.2) is 13.6 Å². The van der Waals surface area contributed by atoms with Gasteiger partial charge >= 0.3 is 5.97 Å². The smallest absolute Gasteiger partial charge is 0.327 e. The average Bonchev–Trinajstić information content (AvgIpc) is 3.02. The lowest BCUT2D eigenvalue weighted by Gasteiger charge is -2.27. The summed E-state index contributed by atoms with van der Waals surface area (Å²) in [5.74, 6) is -1.27. The van der Waals surface area contributed by atoms with Crippen molar-refractivity contribution in [3.8, 4) is 0 Å². The molecule has 2 rings (SSSR count). The molecule has 2 heterocycles. The maximum atomic E-state index is 12.6. The van der Waals surface area contributed by atoms with E-state index in [1.807, 2.05) is 6.92 Å². The number of hydrogen-bond donors (Lipinski definition) is 1. The van der Waals surface area contributed by atoms with Crippen LogP contribution in [0.5, 0.6) is 0 Å². The Kier molecular flexibility index (Phi) is 4.87. The van der Waals surface area contributed by atoms with Crippen molar-refractivity contribution in [1.82, 2.24) is 9.47 Å². The minimum atomic E-state index is -2.57. The summed E-state index contributed by atoms with van der Waals surface area (Å²) in [6.07, 6.45) is -0.566. The van der Waals surface area contributed by atoms with E-state index in [1.54, 1.807) is 0 Å². The monoisotopic (exact) mass is 318 g/mol. The van der Waals surface area contributed by atoms with Crippen LogP contribution in [0.25, 0.3) is 0 Å². The molecule has 1 aliphatic rings. The summed E-state index contributed by atoms with van der Waals surface area (Å²) in [5, 5.41) is 8.98. The Labute approximate surface area is 124 Å². The number of rotatable bonds is 5. The number of halogens is 2. The molecule has 0 spiro atoms. The normalized spacial score (nSPS) is 22.0. The molecular weight excluding hydrogens is 302 g/mol. The quantitative estimate of drug-likeness (QED) is 0.903. The summed E-state index contributed by atoms with van der Waals surface area (Å²) < 4.78 is 26.2. The first kappa shape index (κ1) is 15.8. The second kappa shape index (κ2) is 6.46. The predicted octanol–water partition coefficient (Wildman–Crippen LogP) is 2.13. The second-order valence-electron chi connectivity index (χ2n) is 4.70. The van der Waals surface area contributed by atoms with Crippen LogP contribution in [0.4, 0.5) is 8.78 Å². The van der Waals surface area contributed by atoms with E-state index in [0.717, 1.165) is 0 Å². The zero-order valence-corrected chi connectivity index (χ0v) is 12.2. The van der Waals surface area contributed by atoms with E-state index in [4.69, 9.17) is 0 Å². The second-order valence-corrected chi connectivity index (χ2v) is 5.91. The molecule has 1 aromatic heterocycles. The fourth-order valence-corrected chi connectivity index (χ4v) is 3.74. The Hall–Kier alpha value is -1.57. The summed E-state index contributed by atoms with van der Waals surface area (Å²) in [6, 6.07) is 2.04. The maximum absolute atomic E-state index is 12.6. The lowest BCUT2D eigenvalue weighted by atomic mass is 10.2. The molecule has 0 saturated carbocycles. The zero-order valence-electron chi connectivity index (χ0n) is 11.4. The van der Waals surface area contributed by atoms with Crippen molar-refractivity contribution >= 4 is 23.6 Å². The van der Waals surface area contributed by atoms with Gasteiger partial charge in [0.25, 0.3) is 12.3 Å². The summed E-state index contributed by atoms with van der Waals surface area (Å²) in [5.41, 5.74) is 0.0995. The first-order valence-corrected chi connectivity index (χ1v) is 7.61. The third kappa shape index (κ3) is 3.20. The van der Waals surface area contributed by atoms with Gasteiger partial charge in [-0.3, -0.25) is 4.79 Å². The number of alkyl halides is 2. The molecule has 0 bridgehead atoms. The van der Waals surface area contributed by atoms with Crippen molar-refractivity contribution in [3.63, 3.8) is 0 Å². The number of hydrogen-bond acceptors (Lipinski definition) is 3. The van der Waals surface area contributed by atoms with Gasteiger partial charge in [0, 0.05) is 11.9 Å². The van der Waals surface area contributed by atoms with Crippen LogP contribution in [0, 0.1) is 0 Å². The van der Waals surface area contributed by atoms with Gasteiger partial charge < -0.3 is 14.6 Å². The Morgan fingerprint density at radius 2 is 2.24 bits per heavy atom. The molecule has 8 heteroatoms. The fourth-order valence-electron chi connectivity index (χ4n) is 2.39. The Morgan fingerprint density at radius 1 is 1.52 bits per heavy atom. The van der Waals surface area contributed by atoms with Gasteiger partial charge in [-0.15, -0.1) is 11.8 Å². The summed E-state index contributed by atoms with van der Waals surface area (Å²) in [4.78, 5) is 25.2. The van der Waals surface area contributed by atoms with E-state index >= 15 is 0 Å². The molecule has 1 aliphatic heterocycles. The van der Waals surface area contributed by atoms with Crippen LogP contribution in [0.3, 0.4) is 0 Å². The Bertz CT molecular complexity index is 535. The van der Waals surface area contributed by atoms with Crippen LogP contribution < -0.4 is 0 Å². The highest BCUT2D eigenvalue weighted by Gasteiger charge is 2.41. The third-order valence-electron chi connectivity index (χ3n) is 3.34. The SMILES string of the molecule is CCC1SCC(C(=O)O)N1C(=O)c1cccn1CC(F)F. The van der Waals surface area contributed by atoms with E-state index < -0.39 is 30.9 Å². The first-order chi connectivity index (χ1) is 9.95. The molecule has 2 unspecified atom stereocenters. The number of amides is 1. The molecule has 2 atom stereocenters. The Balaban J connectivity index is 2.28. The molecular formula is C13H16F2N2O3S. The van der Waals surface area contributed by atoms with E-state index in [-0.39, 0.29) is 11.1 Å². The van der Waals surface area contributed by atoms with Gasteiger partial charge in [0.05, 0.1) is 11.9 Å². The van der Waals surface area contributed by atoms with Gasteiger partial charge in [-0.1, -0.05) is 6.92 Å². The molecule has 1 fully saturated rings. The van der Waals surface area contributed by atoms with Crippen LogP contribution in [0.1, 0.15) is 23.8 Å². The largest absolute Gasteiger partial charge is 0.480 e. The zero-order chi connectivity index (χ0) is 15.6. The first-order valence-electron chi connectivity index (χ1n) is 6.56. The fraction of sp³-hybridized carbons (Fsp3) is 0.538. The van der Waals surface area contributed by atoms with Crippen LogP contribution >= 0.6 is 11.8 Å². The van der Waals surface area contributed by atoms with Crippen LogP contribution in [0.15, 0.2) is 18.3 Å². The number of thioether (sulfide) groups is 1. The summed E-state index contributed by atoms with van der Waals surface area (Å²) in [6.45, 7) is 1.28. The van der Waals surface area contributed by atoms with Crippen LogP contribution in [-0.2, 0) is 11.3 Å². The third-order valence-corrected chi connectivity index (χ3v) is 4.80. The maximum Gasteiger partial charge on any atom is 0.327 e. The molecule has 21 heavy (non-hydrogen) atoms. The van der Waals surface area contributed by atoms with E-state index in [9.17, 15) is 23.5 Å². The number of carbonyl (C=O) groups is 2. The molecule has 1 N–H and O–H groups in total. The van der Waals surface area contributed by atoms with Crippen molar-refractivity contribution in [2.45, 2.75) is 37.7 Å². The topological polar surface area (TPSA) is 62.5 Å². The van der Waals surface area contributed by atoms with Crippen molar-refractivity contribution < 1.29 is 23.5 Å². The number of carbonyl (C=O) groups excluding carboxylic acids is 1. The van der Waals surface area contributed by atoms with Crippen molar-refractivity contribution in [2.24, 2.45) is 0 Å². The molecule has 0 aliphatic carbocycles. The molecule has 5 nitrogen and oxygen atoms in total. The highest BCUT2D eigenvalue weighted by molar-refractivity contribution is 8.00. The van der Waals surface area contributed by atoms with Gasteiger partial charge in [0.1, 0.15) is 11.7 Å². The number of carboxylic acids is 1. The molecule has 0 radical (unpaired) electrons. The molecule has 1 aromatic rings. The highest BCUT2D eigenvalue weighted by Crippen LogP contribution is 2.32. The number of nitrogens with zero attached hydrogens (tertiary/aromatic N) is 2. The van der Waals surface area contributed by atoms with Gasteiger partial charge in [-0.05, 0) is 18.6 Å².